The second kappa shape index (κ2) is 7.12. The Morgan fingerprint density at radius 1 is 1.13 bits per heavy atom. The van der Waals surface area contributed by atoms with Crippen LogP contribution in [0.25, 0.3) is 22.2 Å². The molecular weight excluding hydrogens is 406 g/mol. The van der Waals surface area contributed by atoms with E-state index >= 15 is 0 Å². The van der Waals surface area contributed by atoms with Gasteiger partial charge in [0.15, 0.2) is 11.7 Å². The zero-order chi connectivity index (χ0) is 20.7. The predicted octanol–water partition coefficient (Wildman–Crippen LogP) is 3.50. The molecule has 2 N–H and O–H groups in total. The van der Waals surface area contributed by atoms with Gasteiger partial charge in [-0.3, -0.25) is 14.9 Å². The first-order valence-electron chi connectivity index (χ1n) is 8.94. The van der Waals surface area contributed by atoms with Crippen LogP contribution in [0, 0.1) is 0 Å². The van der Waals surface area contributed by atoms with Crippen LogP contribution in [-0.2, 0) is 4.79 Å². The molecule has 2 amide bonds. The SMILES string of the molecule is O=C1COc2ccc(-c3csc(NC(=O)c4cc5ccccc5oc4=O)n3)cc2N1. The normalized spacial score (nSPS) is 12.7. The number of thiazole rings is 1. The summed E-state index contributed by atoms with van der Waals surface area (Å²) in [6, 6.07) is 13.8. The van der Waals surface area contributed by atoms with E-state index in [4.69, 9.17) is 9.15 Å². The quantitative estimate of drug-likeness (QED) is 0.492. The molecule has 0 aliphatic carbocycles. The summed E-state index contributed by atoms with van der Waals surface area (Å²) in [6.45, 7) is -0.0119. The molecule has 1 aliphatic rings. The highest BCUT2D eigenvalue weighted by molar-refractivity contribution is 7.14. The van der Waals surface area contributed by atoms with E-state index in [0.717, 1.165) is 5.56 Å². The van der Waals surface area contributed by atoms with Crippen molar-refractivity contribution in [3.8, 4) is 17.0 Å². The van der Waals surface area contributed by atoms with E-state index in [1.165, 1.54) is 17.4 Å². The molecule has 2 aromatic heterocycles. The fourth-order valence-corrected chi connectivity index (χ4v) is 3.81. The first kappa shape index (κ1) is 18.1. The molecule has 3 heterocycles. The maximum absolute atomic E-state index is 12.6. The zero-order valence-electron chi connectivity index (χ0n) is 15.3. The minimum atomic E-state index is -0.714. The number of benzene rings is 2. The summed E-state index contributed by atoms with van der Waals surface area (Å²) in [6.07, 6.45) is 0. The van der Waals surface area contributed by atoms with Gasteiger partial charge >= 0.3 is 5.63 Å². The number of carbonyl (C=O) groups is 2. The van der Waals surface area contributed by atoms with Crippen LogP contribution < -0.4 is 21.0 Å². The number of hydrogen-bond donors (Lipinski definition) is 2. The lowest BCUT2D eigenvalue weighted by atomic mass is 10.1. The van der Waals surface area contributed by atoms with Crippen molar-refractivity contribution >= 4 is 44.9 Å². The maximum atomic E-state index is 12.6. The Balaban J connectivity index is 1.39. The molecule has 0 radical (unpaired) electrons. The third-order valence-electron chi connectivity index (χ3n) is 4.52. The number of amides is 2. The highest BCUT2D eigenvalue weighted by atomic mass is 32.1. The van der Waals surface area contributed by atoms with E-state index in [2.05, 4.69) is 15.6 Å². The molecule has 0 bridgehead atoms. The first-order valence-corrected chi connectivity index (χ1v) is 9.82. The average Bonchev–Trinajstić information content (AvgIpc) is 3.21. The Morgan fingerprint density at radius 3 is 2.90 bits per heavy atom. The summed E-state index contributed by atoms with van der Waals surface area (Å²) < 4.78 is 10.6. The van der Waals surface area contributed by atoms with Gasteiger partial charge in [-0.15, -0.1) is 11.3 Å². The number of aromatic nitrogens is 1. The lowest BCUT2D eigenvalue weighted by Crippen LogP contribution is -2.25. The first-order chi connectivity index (χ1) is 14.6. The molecule has 8 nitrogen and oxygen atoms in total. The van der Waals surface area contributed by atoms with E-state index in [0.29, 0.717) is 33.2 Å². The number of nitrogens with zero attached hydrogens (tertiary/aromatic N) is 1. The Morgan fingerprint density at radius 2 is 2.00 bits per heavy atom. The van der Waals surface area contributed by atoms with Gasteiger partial charge in [0.2, 0.25) is 0 Å². The van der Waals surface area contributed by atoms with Crippen LogP contribution in [0.15, 0.2) is 63.1 Å². The van der Waals surface area contributed by atoms with Crippen LogP contribution in [0.4, 0.5) is 10.8 Å². The van der Waals surface area contributed by atoms with Crippen LogP contribution >= 0.6 is 11.3 Å². The molecule has 0 atom stereocenters. The van der Waals surface area contributed by atoms with E-state index in [-0.39, 0.29) is 18.1 Å². The standard InChI is InChI=1S/C21H13N3O5S/c25-18-9-28-17-6-5-11(8-14(17)22-18)15-10-30-21(23-15)24-19(26)13-7-12-3-1-2-4-16(12)29-20(13)27/h1-8,10H,9H2,(H,22,25)(H,23,24,26). The lowest BCUT2D eigenvalue weighted by molar-refractivity contribution is -0.118. The summed E-state index contributed by atoms with van der Waals surface area (Å²) in [5.74, 6) is -0.230. The number of rotatable bonds is 3. The van der Waals surface area contributed by atoms with Gasteiger partial charge in [-0.2, -0.15) is 0 Å². The molecule has 30 heavy (non-hydrogen) atoms. The second-order valence-electron chi connectivity index (χ2n) is 6.53. The van der Waals surface area contributed by atoms with Crippen molar-refractivity contribution in [3.63, 3.8) is 0 Å². The van der Waals surface area contributed by atoms with Gasteiger partial charge in [-0.05, 0) is 30.3 Å². The van der Waals surface area contributed by atoms with Crippen molar-refractivity contribution in [2.75, 3.05) is 17.2 Å². The summed E-state index contributed by atoms with van der Waals surface area (Å²) in [4.78, 5) is 40.7. The predicted molar refractivity (Wildman–Crippen MR) is 112 cm³/mol. The number of ether oxygens (including phenoxy) is 1. The summed E-state index contributed by atoms with van der Waals surface area (Å²) in [5, 5.41) is 8.14. The van der Waals surface area contributed by atoms with Crippen LogP contribution in [0.2, 0.25) is 0 Å². The molecular formula is C21H13N3O5S. The van der Waals surface area contributed by atoms with E-state index in [1.54, 1.807) is 41.8 Å². The average molecular weight is 419 g/mol. The molecule has 1 aliphatic heterocycles. The highest BCUT2D eigenvalue weighted by Crippen LogP contribution is 2.33. The molecule has 0 spiro atoms. The maximum Gasteiger partial charge on any atom is 0.349 e. The third kappa shape index (κ3) is 3.31. The van der Waals surface area contributed by atoms with Gasteiger partial charge in [0, 0.05) is 16.3 Å². The second-order valence-corrected chi connectivity index (χ2v) is 7.38. The minimum Gasteiger partial charge on any atom is -0.482 e. The molecule has 9 heteroatoms. The Bertz CT molecular complexity index is 1370. The molecule has 0 saturated carbocycles. The van der Waals surface area contributed by atoms with Crippen molar-refractivity contribution in [1.82, 2.24) is 4.98 Å². The number of hydrogen-bond acceptors (Lipinski definition) is 7. The summed E-state index contributed by atoms with van der Waals surface area (Å²) in [7, 11) is 0. The van der Waals surface area contributed by atoms with Gasteiger partial charge in [0.1, 0.15) is 16.9 Å². The fourth-order valence-electron chi connectivity index (χ4n) is 3.09. The minimum absolute atomic E-state index is 0.0119. The van der Waals surface area contributed by atoms with Crippen LogP contribution in [-0.4, -0.2) is 23.4 Å². The van der Waals surface area contributed by atoms with Gasteiger partial charge in [-0.25, -0.2) is 9.78 Å². The van der Waals surface area contributed by atoms with Crippen molar-refractivity contribution in [2.24, 2.45) is 0 Å². The van der Waals surface area contributed by atoms with Gasteiger partial charge in [-0.1, -0.05) is 18.2 Å². The fraction of sp³-hybridized carbons (Fsp3) is 0.0476. The number of carbonyl (C=O) groups excluding carboxylic acids is 2. The molecule has 5 rings (SSSR count). The van der Waals surface area contributed by atoms with E-state index in [1.807, 2.05) is 6.07 Å². The summed E-state index contributed by atoms with van der Waals surface area (Å²) in [5.41, 5.74) is 1.53. The highest BCUT2D eigenvalue weighted by Gasteiger charge is 2.18. The molecule has 2 aromatic carbocycles. The van der Waals surface area contributed by atoms with Crippen molar-refractivity contribution < 1.29 is 18.7 Å². The van der Waals surface area contributed by atoms with Gasteiger partial charge < -0.3 is 14.5 Å². The van der Waals surface area contributed by atoms with Crippen molar-refractivity contribution in [2.45, 2.75) is 0 Å². The Hall–Kier alpha value is -3.98. The van der Waals surface area contributed by atoms with Crippen molar-refractivity contribution in [3.05, 3.63) is 69.9 Å². The largest absolute Gasteiger partial charge is 0.482 e. The molecule has 0 fully saturated rings. The Labute approximate surface area is 173 Å². The molecule has 0 unspecified atom stereocenters. The number of fused-ring (bicyclic) bond motifs is 2. The number of para-hydroxylation sites is 1. The number of nitrogens with one attached hydrogen (secondary N) is 2. The number of anilines is 2. The lowest BCUT2D eigenvalue weighted by Gasteiger charge is -2.18. The van der Waals surface area contributed by atoms with Crippen LogP contribution in [0.5, 0.6) is 5.75 Å². The van der Waals surface area contributed by atoms with Crippen molar-refractivity contribution in [1.29, 1.82) is 0 Å². The molecule has 0 saturated heterocycles. The van der Waals surface area contributed by atoms with E-state index < -0.39 is 11.5 Å². The Kier molecular flexibility index (Phi) is 4.29. The molecule has 148 valence electrons. The van der Waals surface area contributed by atoms with Crippen LogP contribution in [0.1, 0.15) is 10.4 Å². The monoisotopic (exact) mass is 419 g/mol. The van der Waals surface area contributed by atoms with E-state index in [9.17, 15) is 14.4 Å². The van der Waals surface area contributed by atoms with Gasteiger partial charge in [0.05, 0.1) is 11.4 Å². The third-order valence-corrected chi connectivity index (χ3v) is 5.28. The smallest absolute Gasteiger partial charge is 0.349 e. The topological polar surface area (TPSA) is 111 Å². The van der Waals surface area contributed by atoms with Gasteiger partial charge in [0.25, 0.3) is 11.8 Å². The molecule has 4 aromatic rings. The zero-order valence-corrected chi connectivity index (χ0v) is 16.1. The van der Waals surface area contributed by atoms with Crippen LogP contribution in [0.3, 0.4) is 0 Å². The summed E-state index contributed by atoms with van der Waals surface area (Å²) >= 11 is 1.22.